The van der Waals surface area contributed by atoms with Crippen molar-refractivity contribution >= 4 is 25.7 Å². The van der Waals surface area contributed by atoms with Gasteiger partial charge in [-0.3, -0.25) is 0 Å². The van der Waals surface area contributed by atoms with Crippen molar-refractivity contribution in [2.45, 2.75) is 41.8 Å². The molecule has 0 aliphatic carbocycles. The van der Waals surface area contributed by atoms with Gasteiger partial charge >= 0.3 is 0 Å². The number of hydrogen-bond donors (Lipinski definition) is 5. The average Bonchev–Trinajstić information content (AvgIpc) is 3.30. The topological polar surface area (TPSA) is 210 Å². The number of aromatic amines is 1. The van der Waals surface area contributed by atoms with E-state index in [-0.39, 0.29) is 49.0 Å². The molecule has 1 aliphatic heterocycles. The fourth-order valence-electron chi connectivity index (χ4n) is 3.66. The summed E-state index contributed by atoms with van der Waals surface area (Å²) in [4.78, 5) is 0.170. The molecule has 1 aliphatic rings. The maximum absolute atomic E-state index is 14.6. The first kappa shape index (κ1) is 25.4. The van der Waals surface area contributed by atoms with Crippen LogP contribution >= 0.6 is 0 Å². The Bertz CT molecular complexity index is 1180. The van der Waals surface area contributed by atoms with Gasteiger partial charge in [0.15, 0.2) is 0 Å². The lowest BCUT2D eigenvalue weighted by Gasteiger charge is -2.36. The number of primary sulfonamides is 1. The van der Waals surface area contributed by atoms with E-state index < -0.39 is 42.1 Å². The fourth-order valence-corrected chi connectivity index (χ4v) is 6.33. The highest BCUT2D eigenvalue weighted by Crippen LogP contribution is 2.39. The first-order chi connectivity index (χ1) is 15.5. The molecule has 7 N–H and O–H groups in total. The van der Waals surface area contributed by atoms with Gasteiger partial charge in [0.05, 0.1) is 11.7 Å². The Balaban J connectivity index is 2.20. The number of halogens is 1. The summed E-state index contributed by atoms with van der Waals surface area (Å²) in [5.74, 6) is -0.572. The molecule has 184 valence electrons. The summed E-state index contributed by atoms with van der Waals surface area (Å²) in [5, 5.41) is 28.4. The number of alkyl halides is 1. The number of aromatic nitrogens is 4. The van der Waals surface area contributed by atoms with Crippen molar-refractivity contribution in [1.29, 1.82) is 0 Å². The Morgan fingerprint density at radius 2 is 2.09 bits per heavy atom. The van der Waals surface area contributed by atoms with Gasteiger partial charge in [-0.1, -0.05) is 6.92 Å². The van der Waals surface area contributed by atoms with Gasteiger partial charge in [-0.15, -0.1) is 10.2 Å². The van der Waals surface area contributed by atoms with Crippen LogP contribution in [0, 0.1) is 5.92 Å². The molecule has 1 fully saturated rings. The number of anilines is 1. The fraction of sp³-hybridized carbons (Fsp3) is 0.588. The molecular formula is C17H27FN8O5S2. The number of piperidine rings is 1. The minimum absolute atomic E-state index is 0.0934. The molecule has 33 heavy (non-hydrogen) atoms. The largest absolute Gasteiger partial charge is 0.392 e. The van der Waals surface area contributed by atoms with Gasteiger partial charge in [0, 0.05) is 31.2 Å². The van der Waals surface area contributed by atoms with Crippen LogP contribution in [0.2, 0.25) is 0 Å². The highest BCUT2D eigenvalue weighted by molar-refractivity contribution is 7.92. The molecule has 0 spiro atoms. The Labute approximate surface area is 190 Å². The van der Waals surface area contributed by atoms with Crippen molar-refractivity contribution in [2.24, 2.45) is 16.8 Å². The zero-order valence-electron chi connectivity index (χ0n) is 17.8. The summed E-state index contributed by atoms with van der Waals surface area (Å²) in [6, 6.07) is 2.42. The molecule has 0 saturated carbocycles. The number of nitrogens with one attached hydrogen (secondary N) is 2. The third kappa shape index (κ3) is 5.47. The molecule has 0 radical (unpaired) electrons. The lowest BCUT2D eigenvalue weighted by atomic mass is 9.94. The van der Waals surface area contributed by atoms with Crippen LogP contribution in [0.3, 0.4) is 0 Å². The minimum Gasteiger partial charge on any atom is -0.392 e. The number of nitrogens with two attached hydrogens (primary N) is 2. The second-order valence-electron chi connectivity index (χ2n) is 7.73. The van der Waals surface area contributed by atoms with Crippen molar-refractivity contribution in [2.75, 3.05) is 31.1 Å². The minimum atomic E-state index is -4.65. The number of H-pyrrole nitrogens is 1. The van der Waals surface area contributed by atoms with E-state index in [0.717, 1.165) is 6.07 Å². The summed E-state index contributed by atoms with van der Waals surface area (Å²) in [6.07, 6.45) is -1.56. The molecule has 0 unspecified atom stereocenters. The number of tetrazole rings is 1. The molecule has 16 heteroatoms. The van der Waals surface area contributed by atoms with Crippen molar-refractivity contribution in [3.63, 3.8) is 0 Å². The molecule has 0 bridgehead atoms. The maximum Gasteiger partial charge on any atom is 0.242 e. The number of rotatable bonds is 9. The summed E-state index contributed by atoms with van der Waals surface area (Å²) in [7, 11) is -9.08. The SMILES string of the molecule is CC[C@@H](O)CNS(=O)(=O)c1ccc(N2CC[C@H](CN)[C@@H](F)C2)c(-c2nn[nH]n2)c1S(N)(=O)=O. The molecular weight excluding hydrogens is 479 g/mol. The van der Waals surface area contributed by atoms with Crippen LogP contribution in [-0.4, -0.2) is 81.0 Å². The van der Waals surface area contributed by atoms with Gasteiger partial charge in [-0.25, -0.2) is 31.1 Å². The molecule has 13 nitrogen and oxygen atoms in total. The van der Waals surface area contributed by atoms with Gasteiger partial charge in [0.2, 0.25) is 25.9 Å². The van der Waals surface area contributed by atoms with Crippen molar-refractivity contribution in [3.8, 4) is 11.4 Å². The second kappa shape index (κ2) is 9.94. The summed E-state index contributed by atoms with van der Waals surface area (Å²) in [6.45, 7) is 1.73. The third-order valence-corrected chi connectivity index (χ3v) is 8.13. The van der Waals surface area contributed by atoms with Crippen LogP contribution in [-0.2, 0) is 20.0 Å². The molecule has 3 rings (SSSR count). The monoisotopic (exact) mass is 506 g/mol. The van der Waals surface area contributed by atoms with E-state index in [2.05, 4.69) is 25.3 Å². The van der Waals surface area contributed by atoms with Gasteiger partial charge in [-0.2, -0.15) is 5.21 Å². The van der Waals surface area contributed by atoms with Crippen LogP contribution < -0.4 is 20.5 Å². The Hall–Kier alpha value is -2.24. The zero-order valence-corrected chi connectivity index (χ0v) is 19.5. The Kier molecular flexibility index (Phi) is 7.65. The van der Waals surface area contributed by atoms with E-state index in [9.17, 15) is 26.3 Å². The summed E-state index contributed by atoms with van der Waals surface area (Å²) < 4.78 is 68.0. The second-order valence-corrected chi connectivity index (χ2v) is 11.0. The molecule has 2 aromatic rings. The van der Waals surface area contributed by atoms with E-state index in [4.69, 9.17) is 10.9 Å². The average molecular weight is 507 g/mol. The lowest BCUT2D eigenvalue weighted by molar-refractivity contribution is 0.174. The number of sulfonamides is 2. The number of aliphatic hydroxyl groups excluding tert-OH is 1. The standard InChI is InChI=1S/C17H27FN8O5S2/c1-2-11(27)8-21-33(30,31)14-4-3-13(26-6-5-10(7-19)12(18)9-26)15(16(14)32(20,28)29)17-22-24-25-23-17/h3-4,10-12,21,27H,2,5-9,19H2,1H3,(H2,20,28,29)(H,22,23,24,25)/t10-,11-,12+/m1/s1. The predicted molar refractivity (Wildman–Crippen MR) is 117 cm³/mol. The number of benzene rings is 1. The first-order valence-corrected chi connectivity index (χ1v) is 13.2. The number of aliphatic hydroxyl groups is 1. The van der Waals surface area contributed by atoms with Crippen molar-refractivity contribution < 1.29 is 26.3 Å². The van der Waals surface area contributed by atoms with E-state index >= 15 is 0 Å². The summed E-state index contributed by atoms with van der Waals surface area (Å²) in [5.41, 5.74) is 5.58. The van der Waals surface area contributed by atoms with Gasteiger partial charge in [0.1, 0.15) is 16.0 Å². The third-order valence-electron chi connectivity index (χ3n) is 5.54. The van der Waals surface area contributed by atoms with Crippen molar-refractivity contribution in [3.05, 3.63) is 12.1 Å². The number of hydrogen-bond acceptors (Lipinski definition) is 10. The lowest BCUT2D eigenvalue weighted by Crippen LogP contribution is -2.44. The predicted octanol–water partition coefficient (Wildman–Crippen LogP) is -1.31. The maximum atomic E-state index is 14.6. The molecule has 1 saturated heterocycles. The number of nitrogens with zero attached hydrogens (tertiary/aromatic N) is 4. The van der Waals surface area contributed by atoms with E-state index in [0.29, 0.717) is 13.0 Å². The van der Waals surface area contributed by atoms with Gasteiger partial charge in [0.25, 0.3) is 0 Å². The van der Waals surface area contributed by atoms with Crippen LogP contribution in [0.1, 0.15) is 19.8 Å². The van der Waals surface area contributed by atoms with Crippen molar-refractivity contribution in [1.82, 2.24) is 25.3 Å². The highest BCUT2D eigenvalue weighted by Gasteiger charge is 2.35. The van der Waals surface area contributed by atoms with Crippen LogP contribution in [0.4, 0.5) is 10.1 Å². The van der Waals surface area contributed by atoms with Crippen LogP contribution in [0.5, 0.6) is 0 Å². The van der Waals surface area contributed by atoms with E-state index in [1.54, 1.807) is 11.8 Å². The summed E-state index contributed by atoms with van der Waals surface area (Å²) >= 11 is 0. The quantitative estimate of drug-likeness (QED) is 0.271. The molecule has 0 amide bonds. The van der Waals surface area contributed by atoms with Gasteiger partial charge in [-0.05, 0) is 36.7 Å². The van der Waals surface area contributed by atoms with Crippen LogP contribution in [0.25, 0.3) is 11.4 Å². The zero-order chi connectivity index (χ0) is 24.4. The van der Waals surface area contributed by atoms with Gasteiger partial charge < -0.3 is 15.7 Å². The van der Waals surface area contributed by atoms with Crippen LogP contribution in [0.15, 0.2) is 21.9 Å². The normalized spacial score (nSPS) is 20.7. The first-order valence-electron chi connectivity index (χ1n) is 10.2. The molecule has 2 heterocycles. The molecule has 1 aromatic carbocycles. The van der Waals surface area contributed by atoms with E-state index in [1.807, 2.05) is 0 Å². The molecule has 1 aromatic heterocycles. The Morgan fingerprint density at radius 1 is 1.36 bits per heavy atom. The highest BCUT2D eigenvalue weighted by atomic mass is 32.2. The van der Waals surface area contributed by atoms with E-state index in [1.165, 1.54) is 6.07 Å². The smallest absolute Gasteiger partial charge is 0.242 e. The molecule has 3 atom stereocenters. The Morgan fingerprint density at radius 3 is 2.64 bits per heavy atom.